The summed E-state index contributed by atoms with van der Waals surface area (Å²) in [4.78, 5) is 10.1. The van der Waals surface area contributed by atoms with Crippen LogP contribution >= 0.6 is 0 Å². The summed E-state index contributed by atoms with van der Waals surface area (Å²) < 4.78 is 4.18. The van der Waals surface area contributed by atoms with Gasteiger partial charge in [0.25, 0.3) is 0 Å². The van der Waals surface area contributed by atoms with E-state index in [2.05, 4.69) is 4.74 Å². The SMILES string of the molecule is COC(=O)/C=C\C#N. The molecule has 8 heavy (non-hydrogen) atoms. The second-order valence-electron chi connectivity index (χ2n) is 0.986. The zero-order valence-electron chi connectivity index (χ0n) is 4.42. The number of nitriles is 1. The molecule has 0 radical (unpaired) electrons. The van der Waals surface area contributed by atoms with E-state index in [4.69, 9.17) is 5.26 Å². The van der Waals surface area contributed by atoms with Gasteiger partial charge in [0.05, 0.1) is 13.2 Å². The molecule has 0 aliphatic carbocycles. The molecule has 0 spiro atoms. The molecule has 0 unspecified atom stereocenters. The summed E-state index contributed by atoms with van der Waals surface area (Å²) in [6, 6.07) is 1.65. The summed E-state index contributed by atoms with van der Waals surface area (Å²) in [5, 5.41) is 7.87. The molecule has 0 aromatic rings. The fourth-order valence-electron chi connectivity index (χ4n) is 0.173. The van der Waals surface area contributed by atoms with Crippen LogP contribution in [0.4, 0.5) is 0 Å². The lowest BCUT2D eigenvalue weighted by atomic mass is 10.5. The van der Waals surface area contributed by atoms with E-state index in [0.717, 1.165) is 12.2 Å². The lowest BCUT2D eigenvalue weighted by molar-refractivity contribution is -0.134. The maximum atomic E-state index is 10.1. The van der Waals surface area contributed by atoms with E-state index in [-0.39, 0.29) is 0 Å². The Hall–Kier alpha value is -1.30. The molecule has 0 atom stereocenters. The van der Waals surface area contributed by atoms with Gasteiger partial charge >= 0.3 is 5.97 Å². The van der Waals surface area contributed by atoms with Gasteiger partial charge < -0.3 is 4.74 Å². The van der Waals surface area contributed by atoms with Crippen LogP contribution in [0.15, 0.2) is 12.2 Å². The van der Waals surface area contributed by atoms with Crippen LogP contribution in [0.5, 0.6) is 0 Å². The van der Waals surface area contributed by atoms with Gasteiger partial charge in [-0.1, -0.05) is 0 Å². The monoisotopic (exact) mass is 111 g/mol. The third kappa shape index (κ3) is 2.91. The topological polar surface area (TPSA) is 50.1 Å². The van der Waals surface area contributed by atoms with Gasteiger partial charge in [-0.25, -0.2) is 4.79 Å². The Kier molecular flexibility index (Phi) is 3.25. The predicted molar refractivity (Wildman–Crippen MR) is 26.8 cm³/mol. The molecule has 0 saturated carbocycles. The summed E-state index contributed by atoms with van der Waals surface area (Å²) in [6.45, 7) is 0. The molecule has 0 aromatic heterocycles. The van der Waals surface area contributed by atoms with E-state index in [9.17, 15) is 4.79 Å². The lowest BCUT2D eigenvalue weighted by Gasteiger charge is -1.84. The van der Waals surface area contributed by atoms with Crippen LogP contribution in [0.2, 0.25) is 0 Å². The van der Waals surface area contributed by atoms with E-state index in [1.165, 1.54) is 7.11 Å². The highest BCUT2D eigenvalue weighted by atomic mass is 16.5. The van der Waals surface area contributed by atoms with Gasteiger partial charge in [0.2, 0.25) is 0 Å². The summed E-state index contributed by atoms with van der Waals surface area (Å²) in [5.74, 6) is -0.508. The van der Waals surface area contributed by atoms with Crippen molar-refractivity contribution in [2.75, 3.05) is 7.11 Å². The molecule has 0 rings (SSSR count). The highest BCUT2D eigenvalue weighted by molar-refractivity contribution is 5.82. The number of hydrogen-bond acceptors (Lipinski definition) is 3. The van der Waals surface area contributed by atoms with E-state index >= 15 is 0 Å². The first kappa shape index (κ1) is 6.70. The van der Waals surface area contributed by atoms with Crippen LogP contribution in [-0.2, 0) is 9.53 Å². The first-order valence-corrected chi connectivity index (χ1v) is 1.95. The van der Waals surface area contributed by atoms with Crippen LogP contribution in [-0.4, -0.2) is 13.1 Å². The quantitative estimate of drug-likeness (QED) is 0.276. The van der Waals surface area contributed by atoms with E-state index in [0.29, 0.717) is 0 Å². The van der Waals surface area contributed by atoms with E-state index in [1.54, 1.807) is 6.07 Å². The van der Waals surface area contributed by atoms with Gasteiger partial charge in [-0.3, -0.25) is 0 Å². The fourth-order valence-corrected chi connectivity index (χ4v) is 0.173. The van der Waals surface area contributed by atoms with Crippen LogP contribution in [0.3, 0.4) is 0 Å². The van der Waals surface area contributed by atoms with E-state index < -0.39 is 5.97 Å². The highest BCUT2D eigenvalue weighted by Gasteiger charge is 1.86. The smallest absolute Gasteiger partial charge is 0.331 e. The van der Waals surface area contributed by atoms with Gasteiger partial charge in [-0.05, 0) is 0 Å². The van der Waals surface area contributed by atoms with Crippen LogP contribution < -0.4 is 0 Å². The third-order valence-corrected chi connectivity index (χ3v) is 0.495. The Bertz CT molecular complexity index is 143. The number of allylic oxidation sites excluding steroid dienone is 1. The second kappa shape index (κ2) is 3.88. The largest absolute Gasteiger partial charge is 0.466 e. The number of esters is 1. The molecule has 0 N–H and O–H groups in total. The molecule has 0 amide bonds. The van der Waals surface area contributed by atoms with E-state index in [1.807, 2.05) is 0 Å². The van der Waals surface area contributed by atoms with Crippen molar-refractivity contribution in [2.24, 2.45) is 0 Å². The zero-order valence-corrected chi connectivity index (χ0v) is 4.42. The molecule has 0 bridgehead atoms. The van der Waals surface area contributed by atoms with Crippen molar-refractivity contribution < 1.29 is 9.53 Å². The predicted octanol–water partition coefficient (Wildman–Crippen LogP) is 0.239. The molecule has 3 heteroatoms. The maximum Gasteiger partial charge on any atom is 0.331 e. The summed E-state index contributed by atoms with van der Waals surface area (Å²) >= 11 is 0. The Morgan fingerprint density at radius 3 is 2.88 bits per heavy atom. The molecule has 0 aliphatic heterocycles. The number of rotatable bonds is 1. The molecule has 0 fully saturated rings. The Labute approximate surface area is 47.2 Å². The van der Waals surface area contributed by atoms with Gasteiger partial charge in [0, 0.05) is 12.2 Å². The first-order valence-electron chi connectivity index (χ1n) is 1.95. The minimum atomic E-state index is -0.508. The normalized spacial score (nSPS) is 8.50. The van der Waals surface area contributed by atoms with Crippen LogP contribution in [0.1, 0.15) is 0 Å². The van der Waals surface area contributed by atoms with Crippen molar-refractivity contribution >= 4 is 5.97 Å². The molecule has 0 aliphatic rings. The Morgan fingerprint density at radius 2 is 2.50 bits per heavy atom. The number of methoxy groups -OCH3 is 1. The number of carbonyl (C=O) groups is 1. The minimum Gasteiger partial charge on any atom is -0.466 e. The number of hydrogen-bond donors (Lipinski definition) is 0. The molecule has 0 heterocycles. The molecule has 3 nitrogen and oxygen atoms in total. The standard InChI is InChI=1S/C5H5NO2/c1-8-5(7)3-2-4-6/h2-3H,1H3/b3-2-. The number of carbonyl (C=O) groups excluding carboxylic acids is 1. The van der Waals surface area contributed by atoms with Gasteiger partial charge in [0.1, 0.15) is 0 Å². The minimum absolute atomic E-state index is 0.508. The first-order chi connectivity index (χ1) is 3.81. The Balaban J connectivity index is 3.57. The number of ether oxygens (including phenoxy) is 1. The third-order valence-electron chi connectivity index (χ3n) is 0.495. The van der Waals surface area contributed by atoms with Crippen LogP contribution in [0.25, 0.3) is 0 Å². The zero-order chi connectivity index (χ0) is 6.41. The summed E-state index contributed by atoms with van der Waals surface area (Å²) in [6.07, 6.45) is 2.12. The van der Waals surface area contributed by atoms with Crippen molar-refractivity contribution in [2.45, 2.75) is 0 Å². The van der Waals surface area contributed by atoms with Crippen molar-refractivity contribution in [1.29, 1.82) is 5.26 Å². The number of nitrogens with zero attached hydrogens (tertiary/aromatic N) is 1. The molecule has 0 saturated heterocycles. The van der Waals surface area contributed by atoms with Crippen molar-refractivity contribution in [3.8, 4) is 6.07 Å². The maximum absolute atomic E-state index is 10.1. The van der Waals surface area contributed by atoms with Crippen molar-refractivity contribution in [3.05, 3.63) is 12.2 Å². The summed E-state index contributed by atoms with van der Waals surface area (Å²) in [7, 11) is 1.25. The van der Waals surface area contributed by atoms with Crippen LogP contribution in [0, 0.1) is 11.3 Å². The molecule has 42 valence electrons. The van der Waals surface area contributed by atoms with Gasteiger partial charge in [-0.15, -0.1) is 0 Å². The average molecular weight is 111 g/mol. The van der Waals surface area contributed by atoms with Crippen molar-refractivity contribution in [1.82, 2.24) is 0 Å². The van der Waals surface area contributed by atoms with Crippen molar-refractivity contribution in [3.63, 3.8) is 0 Å². The van der Waals surface area contributed by atoms with Gasteiger partial charge in [0.15, 0.2) is 0 Å². The highest BCUT2D eigenvalue weighted by Crippen LogP contribution is 1.74. The second-order valence-corrected chi connectivity index (χ2v) is 0.986. The molecule has 0 aromatic carbocycles. The molecular formula is C5H5NO2. The lowest BCUT2D eigenvalue weighted by Crippen LogP contribution is -1.92. The molecular weight excluding hydrogens is 106 g/mol. The Morgan fingerprint density at radius 1 is 1.88 bits per heavy atom. The summed E-state index contributed by atoms with van der Waals surface area (Å²) in [5.41, 5.74) is 0. The average Bonchev–Trinajstić information content (AvgIpc) is 1.83. The van der Waals surface area contributed by atoms with Gasteiger partial charge in [-0.2, -0.15) is 5.26 Å². The fraction of sp³-hybridized carbons (Fsp3) is 0.200.